The van der Waals surface area contributed by atoms with E-state index in [0.29, 0.717) is 4.88 Å². The number of benzene rings is 1. The molecule has 116 valence electrons. The van der Waals surface area contributed by atoms with Gasteiger partial charge in [0.2, 0.25) is 0 Å². The summed E-state index contributed by atoms with van der Waals surface area (Å²) in [6.07, 6.45) is 0. The largest absolute Gasteiger partial charge is 0.380 e. The highest BCUT2D eigenvalue weighted by molar-refractivity contribution is 7.14. The predicted octanol–water partition coefficient (Wildman–Crippen LogP) is 3.83. The summed E-state index contributed by atoms with van der Waals surface area (Å²) in [5.74, 6) is -0.295. The van der Waals surface area contributed by atoms with E-state index in [1.54, 1.807) is 6.07 Å². The van der Waals surface area contributed by atoms with Crippen LogP contribution in [0, 0.1) is 6.92 Å². The van der Waals surface area contributed by atoms with Gasteiger partial charge in [0.15, 0.2) is 5.84 Å². The quantitative estimate of drug-likeness (QED) is 0.405. The minimum atomic E-state index is -0.489. The van der Waals surface area contributed by atoms with Crippen LogP contribution in [-0.4, -0.2) is 11.8 Å². The van der Waals surface area contributed by atoms with Gasteiger partial charge >= 0.3 is 5.97 Å². The lowest BCUT2D eigenvalue weighted by Gasteiger charge is -2.15. The van der Waals surface area contributed by atoms with Crippen LogP contribution in [0.5, 0.6) is 0 Å². The Morgan fingerprint density at radius 2 is 1.86 bits per heavy atom. The number of carbonyl (C=O) groups excluding carboxylic acids is 1. The van der Waals surface area contributed by atoms with E-state index in [-0.39, 0.29) is 11.3 Å². The Bertz CT molecular complexity index is 711. The SMILES string of the molecule is Cc1ccccc1/C(N)=N\OC(=O)c1ccc(C(C)(C)C)s1. The minimum Gasteiger partial charge on any atom is -0.380 e. The van der Waals surface area contributed by atoms with Crippen molar-refractivity contribution in [3.8, 4) is 0 Å². The fourth-order valence-electron chi connectivity index (χ4n) is 1.90. The molecule has 0 saturated carbocycles. The summed E-state index contributed by atoms with van der Waals surface area (Å²) in [5, 5.41) is 3.75. The summed E-state index contributed by atoms with van der Waals surface area (Å²) < 4.78 is 0. The first-order valence-corrected chi connectivity index (χ1v) is 7.82. The maximum Gasteiger partial charge on any atom is 0.375 e. The van der Waals surface area contributed by atoms with Gasteiger partial charge in [-0.15, -0.1) is 11.3 Å². The van der Waals surface area contributed by atoms with Crippen molar-refractivity contribution < 1.29 is 9.63 Å². The molecule has 0 saturated heterocycles. The zero-order valence-corrected chi connectivity index (χ0v) is 14.0. The van der Waals surface area contributed by atoms with Crippen LogP contribution in [0.25, 0.3) is 0 Å². The van der Waals surface area contributed by atoms with Gasteiger partial charge in [-0.3, -0.25) is 0 Å². The van der Waals surface area contributed by atoms with Gasteiger partial charge in [0.1, 0.15) is 4.88 Å². The molecule has 0 radical (unpaired) electrons. The van der Waals surface area contributed by atoms with E-state index in [2.05, 4.69) is 25.9 Å². The first kappa shape index (κ1) is 16.2. The smallest absolute Gasteiger partial charge is 0.375 e. The Kier molecular flexibility index (Phi) is 4.66. The second kappa shape index (κ2) is 6.32. The van der Waals surface area contributed by atoms with E-state index >= 15 is 0 Å². The van der Waals surface area contributed by atoms with Crippen LogP contribution < -0.4 is 5.73 Å². The number of oxime groups is 1. The topological polar surface area (TPSA) is 64.7 Å². The molecule has 0 aliphatic rings. The Hall–Kier alpha value is -2.14. The Morgan fingerprint density at radius 3 is 2.45 bits per heavy atom. The summed E-state index contributed by atoms with van der Waals surface area (Å²) in [5.41, 5.74) is 7.62. The molecule has 2 N–H and O–H groups in total. The molecule has 5 heteroatoms. The van der Waals surface area contributed by atoms with Gasteiger partial charge in [-0.05, 0) is 30.0 Å². The number of aryl methyl sites for hydroxylation is 1. The zero-order valence-electron chi connectivity index (χ0n) is 13.2. The highest BCUT2D eigenvalue weighted by Gasteiger charge is 2.19. The summed E-state index contributed by atoms with van der Waals surface area (Å²) >= 11 is 1.41. The van der Waals surface area contributed by atoms with Gasteiger partial charge in [0.05, 0.1) is 0 Å². The molecule has 0 unspecified atom stereocenters. The average molecular weight is 316 g/mol. The van der Waals surface area contributed by atoms with Gasteiger partial charge in [-0.1, -0.05) is 50.2 Å². The summed E-state index contributed by atoms with van der Waals surface area (Å²) in [6.45, 7) is 8.22. The molecule has 22 heavy (non-hydrogen) atoms. The molecule has 2 aromatic rings. The molecule has 0 spiro atoms. The standard InChI is InChI=1S/C17H20N2O2S/c1-11-7-5-6-8-12(11)15(18)19-21-16(20)13-9-10-14(22-13)17(2,3)4/h5-10H,1-4H3,(H2,18,19). The van der Waals surface area contributed by atoms with Crippen molar-refractivity contribution in [3.63, 3.8) is 0 Å². The Morgan fingerprint density at radius 1 is 1.18 bits per heavy atom. The zero-order chi connectivity index (χ0) is 16.3. The summed E-state index contributed by atoms with van der Waals surface area (Å²) in [7, 11) is 0. The van der Waals surface area contributed by atoms with Crippen LogP contribution in [-0.2, 0) is 10.3 Å². The van der Waals surface area contributed by atoms with E-state index in [9.17, 15) is 4.79 Å². The lowest BCUT2D eigenvalue weighted by molar-refractivity contribution is 0.0522. The molecule has 0 aliphatic heterocycles. The number of hydrogen-bond donors (Lipinski definition) is 1. The van der Waals surface area contributed by atoms with Gasteiger partial charge in [0.25, 0.3) is 0 Å². The van der Waals surface area contributed by atoms with Crippen molar-refractivity contribution in [1.29, 1.82) is 0 Å². The lowest BCUT2D eigenvalue weighted by Crippen LogP contribution is -2.16. The number of nitrogens with two attached hydrogens (primary N) is 1. The summed E-state index contributed by atoms with van der Waals surface area (Å²) in [4.78, 5) is 18.6. The van der Waals surface area contributed by atoms with Crippen molar-refractivity contribution in [2.75, 3.05) is 0 Å². The molecular weight excluding hydrogens is 296 g/mol. The van der Waals surface area contributed by atoms with Crippen LogP contribution in [0.15, 0.2) is 41.6 Å². The van der Waals surface area contributed by atoms with Gasteiger partial charge < -0.3 is 10.6 Å². The summed E-state index contributed by atoms with van der Waals surface area (Å²) in [6, 6.07) is 11.2. The fraction of sp³-hybridized carbons (Fsp3) is 0.294. The number of thiophene rings is 1. The molecular formula is C17H20N2O2S. The number of nitrogens with zero attached hydrogens (tertiary/aromatic N) is 1. The number of carbonyl (C=O) groups is 1. The van der Waals surface area contributed by atoms with Crippen molar-refractivity contribution in [1.82, 2.24) is 0 Å². The molecule has 0 bridgehead atoms. The van der Waals surface area contributed by atoms with E-state index in [4.69, 9.17) is 10.6 Å². The van der Waals surface area contributed by atoms with E-state index in [0.717, 1.165) is 16.0 Å². The maximum atomic E-state index is 12.0. The molecule has 0 fully saturated rings. The fourth-order valence-corrected chi connectivity index (χ4v) is 2.83. The minimum absolute atomic E-state index is 0.00659. The highest BCUT2D eigenvalue weighted by Crippen LogP contribution is 2.29. The molecule has 0 aliphatic carbocycles. The molecule has 0 amide bonds. The third kappa shape index (κ3) is 3.74. The normalized spacial score (nSPS) is 12.3. The molecule has 4 nitrogen and oxygen atoms in total. The monoisotopic (exact) mass is 316 g/mol. The number of amidine groups is 1. The van der Waals surface area contributed by atoms with Crippen molar-refractivity contribution in [2.24, 2.45) is 10.9 Å². The first-order valence-electron chi connectivity index (χ1n) is 7.00. The predicted molar refractivity (Wildman–Crippen MR) is 90.3 cm³/mol. The Labute approximate surface area is 134 Å². The van der Waals surface area contributed by atoms with Crippen molar-refractivity contribution >= 4 is 23.1 Å². The molecule has 1 aromatic carbocycles. The van der Waals surface area contributed by atoms with Gasteiger partial charge in [-0.25, -0.2) is 4.79 Å². The van der Waals surface area contributed by atoms with Crippen LogP contribution in [0.4, 0.5) is 0 Å². The van der Waals surface area contributed by atoms with Gasteiger partial charge in [0, 0.05) is 10.4 Å². The van der Waals surface area contributed by atoms with Crippen LogP contribution in [0.3, 0.4) is 0 Å². The number of rotatable bonds is 3. The van der Waals surface area contributed by atoms with Crippen LogP contribution >= 0.6 is 11.3 Å². The Balaban J connectivity index is 2.11. The van der Waals surface area contributed by atoms with E-state index in [1.165, 1.54) is 11.3 Å². The third-order valence-electron chi connectivity index (χ3n) is 3.19. The second-order valence-corrected chi connectivity index (χ2v) is 7.17. The second-order valence-electron chi connectivity index (χ2n) is 6.08. The van der Waals surface area contributed by atoms with Crippen molar-refractivity contribution in [3.05, 3.63) is 57.3 Å². The van der Waals surface area contributed by atoms with Crippen molar-refractivity contribution in [2.45, 2.75) is 33.1 Å². The van der Waals surface area contributed by atoms with Crippen LogP contribution in [0.2, 0.25) is 0 Å². The van der Waals surface area contributed by atoms with E-state index in [1.807, 2.05) is 37.3 Å². The van der Waals surface area contributed by atoms with E-state index < -0.39 is 5.97 Å². The number of hydrogen-bond acceptors (Lipinski definition) is 4. The highest BCUT2D eigenvalue weighted by atomic mass is 32.1. The maximum absolute atomic E-state index is 12.0. The first-order chi connectivity index (χ1) is 10.3. The average Bonchev–Trinajstić information content (AvgIpc) is 2.95. The molecule has 0 atom stereocenters. The lowest BCUT2D eigenvalue weighted by atomic mass is 9.95. The molecule has 2 rings (SSSR count). The molecule has 1 aromatic heterocycles. The third-order valence-corrected chi connectivity index (χ3v) is 4.69. The van der Waals surface area contributed by atoms with Gasteiger partial charge in [-0.2, -0.15) is 0 Å². The molecule has 1 heterocycles. The van der Waals surface area contributed by atoms with Crippen LogP contribution in [0.1, 0.15) is 46.4 Å².